The van der Waals surface area contributed by atoms with Crippen molar-refractivity contribution >= 4 is 15.5 Å². The van der Waals surface area contributed by atoms with Gasteiger partial charge in [-0.3, -0.25) is 4.79 Å². The van der Waals surface area contributed by atoms with Crippen LogP contribution in [0, 0.1) is 6.92 Å². The highest BCUT2D eigenvalue weighted by Gasteiger charge is 2.29. The molecule has 2 aromatic heterocycles. The van der Waals surface area contributed by atoms with Crippen molar-refractivity contribution in [3.63, 3.8) is 0 Å². The van der Waals surface area contributed by atoms with E-state index in [1.54, 1.807) is 17.5 Å². The van der Waals surface area contributed by atoms with E-state index in [9.17, 15) is 13.2 Å². The highest BCUT2D eigenvalue weighted by atomic mass is 32.2. The van der Waals surface area contributed by atoms with Crippen LogP contribution >= 0.6 is 0 Å². The van der Waals surface area contributed by atoms with Gasteiger partial charge in [0.2, 0.25) is 10.0 Å². The zero-order valence-electron chi connectivity index (χ0n) is 19.5. The molecule has 4 rings (SSSR count). The lowest BCUT2D eigenvalue weighted by Crippen LogP contribution is -2.48. The Bertz CT molecular complexity index is 1320. The summed E-state index contributed by atoms with van der Waals surface area (Å²) >= 11 is 0. The Labute approximate surface area is 193 Å². The molecular formula is C22H30N6O4S. The average molecular weight is 475 g/mol. The smallest absolute Gasteiger partial charge is 0.277 e. The van der Waals surface area contributed by atoms with E-state index in [0.717, 1.165) is 13.0 Å². The molecule has 178 valence electrons. The fourth-order valence-corrected chi connectivity index (χ4v) is 5.66. The number of methoxy groups -OCH3 is 1. The van der Waals surface area contributed by atoms with Crippen molar-refractivity contribution in [2.45, 2.75) is 38.5 Å². The number of aromatic amines is 1. The second-order valence-electron chi connectivity index (χ2n) is 8.13. The minimum atomic E-state index is -3.70. The number of sulfonamides is 1. The molecular weight excluding hydrogens is 444 g/mol. The van der Waals surface area contributed by atoms with Crippen molar-refractivity contribution < 1.29 is 13.2 Å². The molecule has 0 spiro atoms. The first-order valence-corrected chi connectivity index (χ1v) is 12.6. The monoisotopic (exact) mass is 474 g/mol. The van der Waals surface area contributed by atoms with Gasteiger partial charge in [0, 0.05) is 32.6 Å². The number of aryl methyl sites for hydroxylation is 2. The van der Waals surface area contributed by atoms with E-state index in [0.29, 0.717) is 60.9 Å². The Morgan fingerprint density at radius 3 is 2.52 bits per heavy atom. The predicted octanol–water partition coefficient (Wildman–Crippen LogP) is 1.68. The molecule has 1 aliphatic rings. The molecule has 3 aromatic rings. The molecule has 33 heavy (non-hydrogen) atoms. The van der Waals surface area contributed by atoms with Crippen molar-refractivity contribution in [1.82, 2.24) is 28.8 Å². The van der Waals surface area contributed by atoms with E-state index < -0.39 is 10.0 Å². The van der Waals surface area contributed by atoms with Crippen molar-refractivity contribution in [2.75, 3.05) is 39.8 Å². The van der Waals surface area contributed by atoms with Crippen LogP contribution in [0.5, 0.6) is 5.75 Å². The van der Waals surface area contributed by atoms with Crippen LogP contribution in [0.25, 0.3) is 16.9 Å². The molecule has 0 radical (unpaired) electrons. The van der Waals surface area contributed by atoms with Crippen LogP contribution in [0.2, 0.25) is 0 Å². The van der Waals surface area contributed by atoms with E-state index in [4.69, 9.17) is 4.74 Å². The lowest BCUT2D eigenvalue weighted by molar-refractivity contribution is 0.196. The maximum atomic E-state index is 13.3. The summed E-state index contributed by atoms with van der Waals surface area (Å²) in [6, 6.07) is 4.65. The van der Waals surface area contributed by atoms with E-state index in [2.05, 4.69) is 26.9 Å². The molecule has 0 aliphatic carbocycles. The average Bonchev–Trinajstić information content (AvgIpc) is 3.14. The zero-order chi connectivity index (χ0) is 23.8. The summed E-state index contributed by atoms with van der Waals surface area (Å²) in [6.45, 7) is 9.04. The van der Waals surface area contributed by atoms with Gasteiger partial charge in [-0.25, -0.2) is 17.9 Å². The summed E-state index contributed by atoms with van der Waals surface area (Å²) < 4.78 is 35.2. The number of piperazine rings is 1. The summed E-state index contributed by atoms with van der Waals surface area (Å²) in [5.41, 5.74) is 1.06. The van der Waals surface area contributed by atoms with Crippen LogP contribution in [0.1, 0.15) is 31.8 Å². The van der Waals surface area contributed by atoms with E-state index in [1.165, 1.54) is 23.5 Å². The van der Waals surface area contributed by atoms with E-state index >= 15 is 0 Å². The van der Waals surface area contributed by atoms with Gasteiger partial charge in [-0.2, -0.15) is 4.31 Å². The summed E-state index contributed by atoms with van der Waals surface area (Å²) in [4.78, 5) is 22.5. The van der Waals surface area contributed by atoms with Gasteiger partial charge in [0.25, 0.3) is 5.56 Å². The Hall–Kier alpha value is -2.76. The van der Waals surface area contributed by atoms with Gasteiger partial charge in [-0.05, 0) is 38.1 Å². The van der Waals surface area contributed by atoms with Gasteiger partial charge in [0.1, 0.15) is 11.6 Å². The first kappa shape index (κ1) is 23.4. The number of H-pyrrole nitrogens is 1. The van der Waals surface area contributed by atoms with E-state index in [-0.39, 0.29) is 16.3 Å². The third-order valence-electron chi connectivity index (χ3n) is 6.06. The van der Waals surface area contributed by atoms with Crippen LogP contribution in [0.3, 0.4) is 0 Å². The molecule has 10 nitrogen and oxygen atoms in total. The van der Waals surface area contributed by atoms with Crippen molar-refractivity contribution in [3.05, 3.63) is 40.1 Å². The minimum Gasteiger partial charge on any atom is -0.496 e. The lowest BCUT2D eigenvalue weighted by Gasteiger charge is -2.33. The summed E-state index contributed by atoms with van der Waals surface area (Å²) in [5.74, 6) is 1.34. The van der Waals surface area contributed by atoms with Crippen LogP contribution in [0.15, 0.2) is 27.9 Å². The van der Waals surface area contributed by atoms with Gasteiger partial charge < -0.3 is 14.6 Å². The van der Waals surface area contributed by atoms with Gasteiger partial charge in [-0.15, -0.1) is 5.10 Å². The molecule has 0 amide bonds. The molecule has 0 saturated carbocycles. The predicted molar refractivity (Wildman–Crippen MR) is 125 cm³/mol. The fourth-order valence-electron chi connectivity index (χ4n) is 4.21. The molecule has 1 N–H and O–H groups in total. The molecule has 0 unspecified atom stereocenters. The summed E-state index contributed by atoms with van der Waals surface area (Å²) in [6.07, 6.45) is 1.52. The second kappa shape index (κ2) is 9.24. The maximum Gasteiger partial charge on any atom is 0.277 e. The SMILES string of the molecule is CCCc1nc(C)c2c(=O)[nH]c(-c3cc(S(=O)(=O)N4CCN(CC)CC4)ccc3OC)nn12. The van der Waals surface area contributed by atoms with Crippen molar-refractivity contribution in [2.24, 2.45) is 0 Å². The van der Waals surface area contributed by atoms with Gasteiger partial charge in [0.15, 0.2) is 11.3 Å². The highest BCUT2D eigenvalue weighted by Crippen LogP contribution is 2.31. The Morgan fingerprint density at radius 1 is 1.15 bits per heavy atom. The van der Waals surface area contributed by atoms with Crippen LogP contribution in [0.4, 0.5) is 0 Å². The molecule has 1 fully saturated rings. The zero-order valence-corrected chi connectivity index (χ0v) is 20.3. The number of fused-ring (bicyclic) bond motifs is 1. The number of likely N-dealkylation sites (N-methyl/N-ethyl adjacent to an activating group) is 1. The number of nitrogens with zero attached hydrogens (tertiary/aromatic N) is 5. The van der Waals surface area contributed by atoms with Gasteiger partial charge >= 0.3 is 0 Å². The quantitative estimate of drug-likeness (QED) is 0.554. The first-order chi connectivity index (χ1) is 15.8. The number of imidazole rings is 1. The van der Waals surface area contributed by atoms with Crippen LogP contribution < -0.4 is 10.3 Å². The van der Waals surface area contributed by atoms with Crippen LogP contribution in [-0.2, 0) is 16.4 Å². The third-order valence-corrected chi connectivity index (χ3v) is 7.95. The standard InChI is InChI=1S/C22H30N6O4S/c1-5-7-19-23-15(3)20-22(29)24-21(25-28(19)20)17-14-16(8-9-18(17)32-4)33(30,31)27-12-10-26(6-2)11-13-27/h8-9,14H,5-7,10-13H2,1-4H3,(H,24,25,29). The first-order valence-electron chi connectivity index (χ1n) is 11.2. The number of ether oxygens (including phenoxy) is 1. The Morgan fingerprint density at radius 2 is 1.88 bits per heavy atom. The molecule has 1 aromatic carbocycles. The lowest BCUT2D eigenvalue weighted by atomic mass is 10.2. The molecule has 11 heteroatoms. The van der Waals surface area contributed by atoms with Gasteiger partial charge in [0.05, 0.1) is 23.3 Å². The number of rotatable bonds is 7. The number of benzene rings is 1. The minimum absolute atomic E-state index is 0.140. The van der Waals surface area contributed by atoms with Crippen molar-refractivity contribution in [1.29, 1.82) is 0 Å². The maximum absolute atomic E-state index is 13.3. The summed E-state index contributed by atoms with van der Waals surface area (Å²) in [7, 11) is -2.20. The van der Waals surface area contributed by atoms with Gasteiger partial charge in [-0.1, -0.05) is 13.8 Å². The molecule has 0 bridgehead atoms. The third kappa shape index (κ3) is 4.28. The van der Waals surface area contributed by atoms with Crippen LogP contribution in [-0.4, -0.2) is 77.0 Å². The Balaban J connectivity index is 1.80. The highest BCUT2D eigenvalue weighted by molar-refractivity contribution is 7.89. The largest absolute Gasteiger partial charge is 0.496 e. The Kier molecular flexibility index (Phi) is 6.55. The number of aromatic nitrogens is 4. The number of hydrogen-bond acceptors (Lipinski definition) is 7. The fraction of sp³-hybridized carbons (Fsp3) is 0.500. The number of nitrogens with one attached hydrogen (secondary N) is 1. The number of hydrogen-bond donors (Lipinski definition) is 1. The molecule has 1 saturated heterocycles. The normalized spacial score (nSPS) is 15.9. The molecule has 1 aliphatic heterocycles. The molecule has 0 atom stereocenters. The van der Waals surface area contributed by atoms with E-state index in [1.807, 2.05) is 6.92 Å². The van der Waals surface area contributed by atoms with Crippen molar-refractivity contribution in [3.8, 4) is 17.1 Å². The topological polar surface area (TPSA) is 113 Å². The second-order valence-corrected chi connectivity index (χ2v) is 10.1. The summed E-state index contributed by atoms with van der Waals surface area (Å²) in [5, 5.41) is 4.61. The molecule has 3 heterocycles.